The number of carboxylic acid groups (broad SMARTS) is 1. The third-order valence-corrected chi connectivity index (χ3v) is 3.48. The summed E-state index contributed by atoms with van der Waals surface area (Å²) in [4.78, 5) is 11.3. The van der Waals surface area contributed by atoms with Gasteiger partial charge in [0.1, 0.15) is 11.4 Å². The Morgan fingerprint density at radius 3 is 2.45 bits per heavy atom. The van der Waals surface area contributed by atoms with Gasteiger partial charge >= 0.3 is 5.97 Å². The summed E-state index contributed by atoms with van der Waals surface area (Å²) < 4.78 is 13.8. The van der Waals surface area contributed by atoms with E-state index in [1.165, 1.54) is 6.07 Å². The van der Waals surface area contributed by atoms with E-state index in [0.717, 1.165) is 29.5 Å². The number of carbonyl (C=O) groups is 1. The van der Waals surface area contributed by atoms with Crippen LogP contribution in [0.2, 0.25) is 0 Å². The molecule has 1 N–H and O–H groups in total. The Morgan fingerprint density at radius 2 is 1.85 bits per heavy atom. The van der Waals surface area contributed by atoms with E-state index in [1.807, 2.05) is 32.0 Å². The molecule has 0 amide bonds. The van der Waals surface area contributed by atoms with Crippen LogP contribution in [0.4, 0.5) is 4.39 Å². The second kappa shape index (κ2) is 5.87. The van der Waals surface area contributed by atoms with Gasteiger partial charge in [-0.2, -0.15) is 0 Å². The maximum atomic E-state index is 13.8. The fourth-order valence-electron chi connectivity index (χ4n) is 2.37. The molecular weight excluding hydrogens is 255 g/mol. The van der Waals surface area contributed by atoms with Crippen LogP contribution < -0.4 is 0 Å². The minimum absolute atomic E-state index is 0.254. The van der Waals surface area contributed by atoms with Crippen molar-refractivity contribution in [3.05, 3.63) is 58.9 Å². The molecule has 104 valence electrons. The lowest BCUT2D eigenvalue weighted by Gasteiger charge is -2.13. The zero-order valence-corrected chi connectivity index (χ0v) is 11.6. The Balaban J connectivity index is 2.73. The molecule has 3 heteroatoms. The third kappa shape index (κ3) is 2.57. The van der Waals surface area contributed by atoms with Gasteiger partial charge in [0, 0.05) is 0 Å². The molecule has 20 heavy (non-hydrogen) atoms. The van der Waals surface area contributed by atoms with Crippen molar-refractivity contribution in [2.24, 2.45) is 0 Å². The molecule has 0 saturated carbocycles. The van der Waals surface area contributed by atoms with E-state index in [-0.39, 0.29) is 5.56 Å². The first-order valence-electron chi connectivity index (χ1n) is 6.72. The minimum Gasteiger partial charge on any atom is -0.478 e. The van der Waals surface area contributed by atoms with Crippen LogP contribution in [-0.2, 0) is 12.8 Å². The molecular formula is C17H17FO2. The molecule has 0 unspecified atom stereocenters. The van der Waals surface area contributed by atoms with Crippen molar-refractivity contribution in [2.45, 2.75) is 26.7 Å². The molecule has 0 aliphatic rings. The second-order valence-electron chi connectivity index (χ2n) is 4.67. The molecule has 0 heterocycles. The lowest BCUT2D eigenvalue weighted by Crippen LogP contribution is -2.04. The van der Waals surface area contributed by atoms with Gasteiger partial charge in [0.05, 0.1) is 0 Å². The summed E-state index contributed by atoms with van der Waals surface area (Å²) in [5.74, 6) is -1.93. The van der Waals surface area contributed by atoms with E-state index in [1.54, 1.807) is 12.1 Å². The van der Waals surface area contributed by atoms with Crippen LogP contribution in [0.1, 0.15) is 35.3 Å². The molecule has 0 aliphatic heterocycles. The summed E-state index contributed by atoms with van der Waals surface area (Å²) in [5.41, 5.74) is 3.14. The monoisotopic (exact) mass is 272 g/mol. The summed E-state index contributed by atoms with van der Waals surface area (Å²) in [6.07, 6.45) is 1.63. The highest BCUT2D eigenvalue weighted by molar-refractivity contribution is 5.96. The first-order chi connectivity index (χ1) is 9.58. The van der Waals surface area contributed by atoms with Gasteiger partial charge in [-0.15, -0.1) is 0 Å². The van der Waals surface area contributed by atoms with Gasteiger partial charge in [0.25, 0.3) is 0 Å². The summed E-state index contributed by atoms with van der Waals surface area (Å²) in [7, 11) is 0. The molecule has 0 fully saturated rings. The van der Waals surface area contributed by atoms with Crippen LogP contribution in [0.3, 0.4) is 0 Å². The molecule has 2 rings (SSSR count). The van der Waals surface area contributed by atoms with E-state index in [2.05, 4.69) is 0 Å². The number of aromatic carboxylic acids is 1. The van der Waals surface area contributed by atoms with Crippen LogP contribution in [0.25, 0.3) is 11.1 Å². The average molecular weight is 272 g/mol. The highest BCUT2D eigenvalue weighted by atomic mass is 19.1. The van der Waals surface area contributed by atoms with E-state index in [9.17, 15) is 14.3 Å². The fourth-order valence-corrected chi connectivity index (χ4v) is 2.37. The maximum Gasteiger partial charge on any atom is 0.339 e. The SMILES string of the molecule is CCc1ccc(CC)c(-c2cccc(F)c2C(=O)O)c1. The number of benzene rings is 2. The molecule has 0 aliphatic carbocycles. The predicted molar refractivity (Wildman–Crippen MR) is 77.6 cm³/mol. The Bertz CT molecular complexity index is 647. The molecule has 0 atom stereocenters. The third-order valence-electron chi connectivity index (χ3n) is 3.48. The standard InChI is InChI=1S/C17H17FO2/c1-3-11-8-9-12(4-2)14(10-11)13-6-5-7-15(18)16(13)17(19)20/h5-10H,3-4H2,1-2H3,(H,19,20). The Hall–Kier alpha value is -2.16. The minimum atomic E-state index is -1.23. The number of carboxylic acids is 1. The Labute approximate surface area is 117 Å². The zero-order chi connectivity index (χ0) is 14.7. The topological polar surface area (TPSA) is 37.3 Å². The Kier molecular flexibility index (Phi) is 4.18. The van der Waals surface area contributed by atoms with E-state index < -0.39 is 11.8 Å². The quantitative estimate of drug-likeness (QED) is 0.900. The van der Waals surface area contributed by atoms with Crippen LogP contribution in [-0.4, -0.2) is 11.1 Å². The van der Waals surface area contributed by atoms with Crippen LogP contribution in [0.15, 0.2) is 36.4 Å². The predicted octanol–water partition coefficient (Wildman–Crippen LogP) is 4.32. The van der Waals surface area contributed by atoms with Gasteiger partial charge in [-0.25, -0.2) is 9.18 Å². The summed E-state index contributed by atoms with van der Waals surface area (Å²) in [6, 6.07) is 10.4. The van der Waals surface area contributed by atoms with Crippen molar-refractivity contribution < 1.29 is 14.3 Å². The van der Waals surface area contributed by atoms with Crippen molar-refractivity contribution in [1.29, 1.82) is 0 Å². The van der Waals surface area contributed by atoms with Crippen LogP contribution >= 0.6 is 0 Å². The summed E-state index contributed by atoms with van der Waals surface area (Å²) in [6.45, 7) is 4.04. The van der Waals surface area contributed by atoms with Crippen LogP contribution in [0, 0.1) is 5.82 Å². The van der Waals surface area contributed by atoms with Crippen molar-refractivity contribution in [3.63, 3.8) is 0 Å². The molecule has 0 bridgehead atoms. The lowest BCUT2D eigenvalue weighted by molar-refractivity contribution is 0.0693. The average Bonchev–Trinajstić information content (AvgIpc) is 2.45. The number of aryl methyl sites for hydroxylation is 2. The summed E-state index contributed by atoms with van der Waals surface area (Å²) in [5, 5.41) is 9.26. The molecule has 0 radical (unpaired) electrons. The normalized spacial score (nSPS) is 10.6. The Morgan fingerprint density at radius 1 is 1.10 bits per heavy atom. The zero-order valence-electron chi connectivity index (χ0n) is 11.6. The van der Waals surface area contributed by atoms with Crippen LogP contribution in [0.5, 0.6) is 0 Å². The highest BCUT2D eigenvalue weighted by Crippen LogP contribution is 2.30. The molecule has 0 aromatic heterocycles. The van der Waals surface area contributed by atoms with Gasteiger partial charge in [0.2, 0.25) is 0 Å². The van der Waals surface area contributed by atoms with Crippen molar-refractivity contribution in [3.8, 4) is 11.1 Å². The number of hydrogen-bond donors (Lipinski definition) is 1. The first-order valence-corrected chi connectivity index (χ1v) is 6.72. The number of halogens is 1. The van der Waals surface area contributed by atoms with E-state index in [4.69, 9.17) is 0 Å². The van der Waals surface area contributed by atoms with E-state index >= 15 is 0 Å². The van der Waals surface area contributed by atoms with Gasteiger partial charge in [-0.05, 0) is 41.2 Å². The lowest BCUT2D eigenvalue weighted by atomic mass is 9.92. The van der Waals surface area contributed by atoms with Gasteiger partial charge < -0.3 is 5.11 Å². The number of hydrogen-bond acceptors (Lipinski definition) is 1. The highest BCUT2D eigenvalue weighted by Gasteiger charge is 2.18. The van der Waals surface area contributed by atoms with Gasteiger partial charge in [0.15, 0.2) is 0 Å². The summed E-state index contributed by atoms with van der Waals surface area (Å²) >= 11 is 0. The maximum absolute atomic E-state index is 13.8. The van der Waals surface area contributed by atoms with Gasteiger partial charge in [-0.1, -0.05) is 44.2 Å². The molecule has 2 aromatic rings. The number of rotatable bonds is 4. The first kappa shape index (κ1) is 14.3. The molecule has 0 spiro atoms. The largest absolute Gasteiger partial charge is 0.478 e. The van der Waals surface area contributed by atoms with Crippen molar-refractivity contribution in [1.82, 2.24) is 0 Å². The van der Waals surface area contributed by atoms with E-state index in [0.29, 0.717) is 5.56 Å². The molecule has 2 aromatic carbocycles. The van der Waals surface area contributed by atoms with Crippen molar-refractivity contribution >= 4 is 5.97 Å². The van der Waals surface area contributed by atoms with Gasteiger partial charge in [-0.3, -0.25) is 0 Å². The second-order valence-corrected chi connectivity index (χ2v) is 4.67. The molecule has 2 nitrogen and oxygen atoms in total. The molecule has 0 saturated heterocycles. The van der Waals surface area contributed by atoms with Crippen molar-refractivity contribution in [2.75, 3.05) is 0 Å². The smallest absolute Gasteiger partial charge is 0.339 e. The fraction of sp³-hybridized carbons (Fsp3) is 0.235.